The average molecular weight is 429 g/mol. The predicted octanol–water partition coefficient (Wildman–Crippen LogP) is 3.43. The normalized spacial score (nSPS) is 16.1. The third-order valence-electron chi connectivity index (χ3n) is 4.81. The number of nitro benzene ring substituents is 1. The highest BCUT2D eigenvalue weighted by atomic mass is 32.2. The average Bonchev–Trinajstić information content (AvgIpc) is 2.67. The van der Waals surface area contributed by atoms with Gasteiger partial charge in [0.05, 0.1) is 15.4 Å². The van der Waals surface area contributed by atoms with Crippen LogP contribution in [0.1, 0.15) is 11.1 Å². The number of aryl methyl sites for hydroxylation is 1. The van der Waals surface area contributed by atoms with Crippen LogP contribution in [0.5, 0.6) is 0 Å². The Balaban J connectivity index is 1.73. The molecule has 1 heterocycles. The van der Waals surface area contributed by atoms with E-state index >= 15 is 0 Å². The Morgan fingerprint density at radius 1 is 1.00 bits per heavy atom. The van der Waals surface area contributed by atoms with E-state index < -0.39 is 26.7 Å². The summed E-state index contributed by atoms with van der Waals surface area (Å²) < 4.78 is 64.9. The lowest BCUT2D eigenvalue weighted by Crippen LogP contribution is -2.48. The van der Waals surface area contributed by atoms with Crippen LogP contribution in [0, 0.1) is 17.0 Å². The lowest BCUT2D eigenvalue weighted by Gasteiger charge is -2.35. The molecule has 3 rings (SSSR count). The first-order valence-corrected chi connectivity index (χ1v) is 10.1. The SMILES string of the molecule is Cc1ccc(S(=O)(=O)N2CCN(c3ccc(C(F)(F)F)cc3)CC2)cc1[N+](=O)[O-]. The standard InChI is InChI=1S/C18H18F3N3O4S/c1-13-2-7-16(12-17(13)24(25)26)29(27,28)23-10-8-22(9-11-23)15-5-3-14(4-6-15)18(19,20)21/h2-7,12H,8-11H2,1H3. The molecule has 2 aromatic rings. The van der Waals surface area contributed by atoms with Crippen molar-refractivity contribution >= 4 is 21.4 Å². The Kier molecular flexibility index (Phi) is 5.54. The van der Waals surface area contributed by atoms with Gasteiger partial charge < -0.3 is 4.90 Å². The van der Waals surface area contributed by atoms with E-state index in [0.29, 0.717) is 24.3 Å². The Morgan fingerprint density at radius 2 is 1.59 bits per heavy atom. The second kappa shape index (κ2) is 7.64. The molecular weight excluding hydrogens is 411 g/mol. The van der Waals surface area contributed by atoms with Crippen LogP contribution in [-0.4, -0.2) is 43.8 Å². The zero-order valence-corrected chi connectivity index (χ0v) is 16.2. The zero-order chi connectivity index (χ0) is 21.4. The lowest BCUT2D eigenvalue weighted by molar-refractivity contribution is -0.385. The number of hydrogen-bond acceptors (Lipinski definition) is 5. The van der Waals surface area contributed by atoms with Gasteiger partial charge in [0.25, 0.3) is 5.69 Å². The summed E-state index contributed by atoms with van der Waals surface area (Å²) in [5.41, 5.74) is -0.0833. The van der Waals surface area contributed by atoms with E-state index in [1.165, 1.54) is 35.5 Å². The molecule has 0 spiro atoms. The molecular formula is C18H18F3N3O4S. The van der Waals surface area contributed by atoms with Crippen LogP contribution in [0.4, 0.5) is 24.5 Å². The number of nitrogens with zero attached hydrogens (tertiary/aromatic N) is 3. The molecule has 1 aliphatic rings. The molecule has 0 amide bonds. The van der Waals surface area contributed by atoms with Gasteiger partial charge in [0.1, 0.15) is 0 Å². The van der Waals surface area contributed by atoms with E-state index in [2.05, 4.69) is 0 Å². The summed E-state index contributed by atoms with van der Waals surface area (Å²) in [7, 11) is -3.91. The zero-order valence-electron chi connectivity index (χ0n) is 15.4. The summed E-state index contributed by atoms with van der Waals surface area (Å²) in [6.07, 6.45) is -4.41. The van der Waals surface area contributed by atoms with Crippen LogP contribution in [0.3, 0.4) is 0 Å². The summed E-state index contributed by atoms with van der Waals surface area (Å²) in [6, 6.07) is 8.47. The third-order valence-corrected chi connectivity index (χ3v) is 6.71. The largest absolute Gasteiger partial charge is 0.416 e. The minimum Gasteiger partial charge on any atom is -0.369 e. The van der Waals surface area contributed by atoms with E-state index in [1.54, 1.807) is 4.90 Å². The Labute approximate surface area is 165 Å². The Bertz CT molecular complexity index is 1020. The molecule has 2 aromatic carbocycles. The van der Waals surface area contributed by atoms with Gasteiger partial charge in [-0.05, 0) is 37.3 Å². The maximum absolute atomic E-state index is 12.8. The van der Waals surface area contributed by atoms with Gasteiger partial charge in [-0.1, -0.05) is 6.07 Å². The molecule has 0 aliphatic carbocycles. The highest BCUT2D eigenvalue weighted by Gasteiger charge is 2.32. The Hall–Kier alpha value is -2.66. The maximum Gasteiger partial charge on any atom is 0.416 e. The van der Waals surface area contributed by atoms with Crippen molar-refractivity contribution in [3.8, 4) is 0 Å². The summed E-state index contributed by atoms with van der Waals surface area (Å²) in [5, 5.41) is 11.1. The molecule has 0 saturated carbocycles. The van der Waals surface area contributed by atoms with Crippen LogP contribution >= 0.6 is 0 Å². The number of rotatable bonds is 4. The van der Waals surface area contributed by atoms with Crippen molar-refractivity contribution in [3.05, 3.63) is 63.7 Å². The van der Waals surface area contributed by atoms with Gasteiger partial charge in [0, 0.05) is 43.5 Å². The molecule has 1 saturated heterocycles. The molecule has 0 N–H and O–H groups in total. The quantitative estimate of drug-likeness (QED) is 0.549. The van der Waals surface area contributed by atoms with E-state index in [1.807, 2.05) is 0 Å². The fourth-order valence-electron chi connectivity index (χ4n) is 3.14. The number of sulfonamides is 1. The van der Waals surface area contributed by atoms with Crippen molar-refractivity contribution in [3.63, 3.8) is 0 Å². The van der Waals surface area contributed by atoms with Gasteiger partial charge in [-0.15, -0.1) is 0 Å². The number of anilines is 1. The first kappa shape index (κ1) is 21.1. The molecule has 0 bridgehead atoms. The highest BCUT2D eigenvalue weighted by molar-refractivity contribution is 7.89. The minimum absolute atomic E-state index is 0.116. The number of benzene rings is 2. The number of hydrogen-bond donors (Lipinski definition) is 0. The van der Waals surface area contributed by atoms with Crippen molar-refractivity contribution in [2.45, 2.75) is 18.0 Å². The van der Waals surface area contributed by atoms with Crippen LogP contribution in [0.25, 0.3) is 0 Å². The van der Waals surface area contributed by atoms with Crippen molar-refractivity contribution in [1.29, 1.82) is 0 Å². The second-order valence-electron chi connectivity index (χ2n) is 6.64. The summed E-state index contributed by atoms with van der Waals surface area (Å²) >= 11 is 0. The minimum atomic E-state index is -4.41. The third kappa shape index (κ3) is 4.35. The first-order chi connectivity index (χ1) is 13.5. The van der Waals surface area contributed by atoms with Crippen LogP contribution < -0.4 is 4.90 Å². The predicted molar refractivity (Wildman–Crippen MR) is 100 cm³/mol. The maximum atomic E-state index is 12.8. The lowest BCUT2D eigenvalue weighted by atomic mass is 10.2. The van der Waals surface area contributed by atoms with Crippen molar-refractivity contribution < 1.29 is 26.5 Å². The van der Waals surface area contributed by atoms with E-state index in [0.717, 1.165) is 18.2 Å². The molecule has 11 heteroatoms. The van der Waals surface area contributed by atoms with E-state index in [-0.39, 0.29) is 23.7 Å². The fraction of sp³-hybridized carbons (Fsp3) is 0.333. The van der Waals surface area contributed by atoms with E-state index in [9.17, 15) is 31.7 Å². The second-order valence-corrected chi connectivity index (χ2v) is 8.58. The molecule has 0 unspecified atom stereocenters. The molecule has 0 radical (unpaired) electrons. The summed E-state index contributed by atoms with van der Waals surface area (Å²) in [6.45, 7) is 2.34. The van der Waals surface area contributed by atoms with Gasteiger partial charge >= 0.3 is 6.18 Å². The first-order valence-electron chi connectivity index (χ1n) is 8.67. The van der Waals surface area contributed by atoms with Gasteiger partial charge in [0.15, 0.2) is 0 Å². The number of halogens is 3. The molecule has 156 valence electrons. The van der Waals surface area contributed by atoms with Gasteiger partial charge in [-0.25, -0.2) is 8.42 Å². The monoisotopic (exact) mass is 429 g/mol. The number of nitro groups is 1. The van der Waals surface area contributed by atoms with Gasteiger partial charge in [-0.3, -0.25) is 10.1 Å². The molecule has 0 atom stereocenters. The van der Waals surface area contributed by atoms with E-state index in [4.69, 9.17) is 0 Å². The smallest absolute Gasteiger partial charge is 0.369 e. The van der Waals surface area contributed by atoms with Crippen molar-refractivity contribution in [2.24, 2.45) is 0 Å². The summed E-state index contributed by atoms with van der Waals surface area (Å²) in [5.74, 6) is 0. The molecule has 7 nitrogen and oxygen atoms in total. The van der Waals surface area contributed by atoms with Crippen molar-refractivity contribution in [2.75, 3.05) is 31.1 Å². The topological polar surface area (TPSA) is 83.8 Å². The molecule has 0 aromatic heterocycles. The molecule has 1 aliphatic heterocycles. The van der Waals surface area contributed by atoms with Gasteiger partial charge in [-0.2, -0.15) is 17.5 Å². The van der Waals surface area contributed by atoms with Crippen LogP contribution in [0.2, 0.25) is 0 Å². The summed E-state index contributed by atoms with van der Waals surface area (Å²) in [4.78, 5) is 12.1. The number of piperazine rings is 1. The van der Waals surface area contributed by atoms with Gasteiger partial charge in [0.2, 0.25) is 10.0 Å². The number of alkyl halides is 3. The fourth-order valence-corrected chi connectivity index (χ4v) is 4.59. The molecule has 1 fully saturated rings. The Morgan fingerprint density at radius 3 is 2.10 bits per heavy atom. The highest BCUT2D eigenvalue weighted by Crippen LogP contribution is 2.31. The van der Waals surface area contributed by atoms with Crippen LogP contribution in [-0.2, 0) is 16.2 Å². The molecule has 29 heavy (non-hydrogen) atoms. The van der Waals surface area contributed by atoms with Crippen LogP contribution in [0.15, 0.2) is 47.4 Å². The van der Waals surface area contributed by atoms with Crippen molar-refractivity contribution in [1.82, 2.24) is 4.31 Å².